The van der Waals surface area contributed by atoms with Crippen LogP contribution in [0.15, 0.2) is 47.5 Å². The fourth-order valence-corrected chi connectivity index (χ4v) is 5.49. The molecule has 0 amide bonds. The molecule has 1 fully saturated rings. The van der Waals surface area contributed by atoms with Gasteiger partial charge in [-0.1, -0.05) is 23.9 Å². The van der Waals surface area contributed by atoms with Crippen molar-refractivity contribution in [3.05, 3.63) is 48.3 Å². The number of aromatic amines is 1. The summed E-state index contributed by atoms with van der Waals surface area (Å²) in [5.41, 5.74) is 2.19. The molecule has 180 valence electrons. The Morgan fingerprint density at radius 1 is 1.09 bits per heavy atom. The van der Waals surface area contributed by atoms with Gasteiger partial charge in [-0.3, -0.25) is 4.72 Å². The number of nitrogens with zero attached hydrogens (tertiary/aromatic N) is 2. The standard InChI is InChI=1S/C22H26F2N4S.C3H7F/c1-28-12-9-16(10-13-28)27-29(2,3)17-6-4-15(5-7-17)18-8-11-25-22-19(18)14-20(26-22)21(23)24;1-3(2)4/h4-8,11,14,16,21,27H,2-3,9-10,12-13H2,1H3,(H,25,26);3H,1-2H3. The average molecular weight is 479 g/mol. The minimum Gasteiger partial charge on any atom is -0.338 e. The van der Waals surface area contributed by atoms with Crippen LogP contribution in [0.25, 0.3) is 22.2 Å². The number of pyridine rings is 1. The first-order valence-electron chi connectivity index (χ1n) is 11.0. The summed E-state index contributed by atoms with van der Waals surface area (Å²) in [5, 5.41) is 0.697. The monoisotopic (exact) mass is 478 g/mol. The largest absolute Gasteiger partial charge is 0.338 e. The number of aromatic nitrogens is 2. The van der Waals surface area contributed by atoms with Gasteiger partial charge in [-0.05, 0) is 82.2 Å². The molecule has 1 aliphatic rings. The summed E-state index contributed by atoms with van der Waals surface area (Å²) in [6, 6.07) is 11.9. The first kappa shape index (κ1) is 25.3. The first-order chi connectivity index (χ1) is 15.6. The van der Waals surface area contributed by atoms with Gasteiger partial charge < -0.3 is 9.88 Å². The van der Waals surface area contributed by atoms with Crippen molar-refractivity contribution in [2.45, 2.75) is 50.2 Å². The second-order valence-corrected chi connectivity index (χ2v) is 11.2. The second-order valence-electron chi connectivity index (χ2n) is 8.76. The third-order valence-electron chi connectivity index (χ3n) is 5.52. The third-order valence-corrected chi connectivity index (χ3v) is 7.47. The molecule has 1 aromatic carbocycles. The Morgan fingerprint density at radius 2 is 1.70 bits per heavy atom. The number of rotatable bonds is 5. The lowest BCUT2D eigenvalue weighted by Gasteiger charge is -2.32. The molecule has 8 heteroatoms. The summed E-state index contributed by atoms with van der Waals surface area (Å²) in [4.78, 5) is 10.3. The number of alkyl halides is 3. The Bertz CT molecular complexity index is 1140. The lowest BCUT2D eigenvalue weighted by atomic mass is 10.0. The number of nitrogens with one attached hydrogen (secondary N) is 2. The minimum absolute atomic E-state index is 0.113. The van der Waals surface area contributed by atoms with E-state index in [4.69, 9.17) is 0 Å². The van der Waals surface area contributed by atoms with Crippen molar-refractivity contribution in [3.8, 4) is 11.1 Å². The van der Waals surface area contributed by atoms with Gasteiger partial charge in [0.25, 0.3) is 6.43 Å². The van der Waals surface area contributed by atoms with Crippen LogP contribution >= 0.6 is 9.39 Å². The Balaban J connectivity index is 0.000000709. The van der Waals surface area contributed by atoms with E-state index in [0.717, 1.165) is 42.0 Å². The molecule has 1 aliphatic heterocycles. The highest BCUT2D eigenvalue weighted by molar-refractivity contribution is 8.26. The molecule has 4 nitrogen and oxygen atoms in total. The molecule has 2 aromatic heterocycles. The molecule has 0 bridgehead atoms. The molecule has 0 saturated carbocycles. The molecule has 4 rings (SSSR count). The molecule has 2 N–H and O–H groups in total. The zero-order chi connectivity index (χ0) is 24.2. The normalized spacial score (nSPS) is 15.8. The van der Waals surface area contributed by atoms with Crippen LogP contribution in [0, 0.1) is 0 Å². The Hall–Kier alpha value is -2.29. The molecular weight excluding hydrogens is 445 g/mol. The van der Waals surface area contributed by atoms with Crippen molar-refractivity contribution in [3.63, 3.8) is 0 Å². The van der Waals surface area contributed by atoms with E-state index in [1.165, 1.54) is 19.9 Å². The van der Waals surface area contributed by atoms with E-state index < -0.39 is 22.0 Å². The SMILES string of the molecule is C=S(=C)(NC1CCN(C)CC1)c1ccc(-c2ccnc3[nH]c(C(F)F)cc23)cc1.CC(C)F. The number of likely N-dealkylation sites (tertiary alicyclic amines) is 1. The quantitative estimate of drug-likeness (QED) is 0.432. The van der Waals surface area contributed by atoms with Crippen molar-refractivity contribution < 1.29 is 13.2 Å². The number of hydrogen-bond acceptors (Lipinski definition) is 3. The van der Waals surface area contributed by atoms with Crippen LogP contribution in [0.4, 0.5) is 13.2 Å². The average Bonchev–Trinajstić information content (AvgIpc) is 3.20. The van der Waals surface area contributed by atoms with Gasteiger partial charge in [0.2, 0.25) is 0 Å². The van der Waals surface area contributed by atoms with Crippen molar-refractivity contribution in [2.24, 2.45) is 0 Å². The smallest absolute Gasteiger partial charge is 0.278 e. The summed E-state index contributed by atoms with van der Waals surface area (Å²) in [6.07, 6.45) is 0.621. The molecule has 0 aliphatic carbocycles. The lowest BCUT2D eigenvalue weighted by molar-refractivity contribution is 0.147. The fourth-order valence-electron chi connectivity index (χ4n) is 3.83. The molecule has 1 saturated heterocycles. The Kier molecular flexibility index (Phi) is 8.26. The topological polar surface area (TPSA) is 44.0 Å². The maximum atomic E-state index is 13.1. The highest BCUT2D eigenvalue weighted by Gasteiger charge is 2.18. The minimum atomic E-state index is -2.55. The van der Waals surface area contributed by atoms with E-state index in [1.807, 2.05) is 30.3 Å². The molecule has 3 aromatic rings. The number of piperidine rings is 1. The summed E-state index contributed by atoms with van der Waals surface area (Å²) in [7, 11) is 0.535. The molecule has 0 atom stereocenters. The van der Waals surface area contributed by atoms with Gasteiger partial charge in [0.05, 0.1) is 11.9 Å². The van der Waals surface area contributed by atoms with E-state index >= 15 is 0 Å². The maximum absolute atomic E-state index is 13.1. The second kappa shape index (κ2) is 10.8. The molecule has 3 heterocycles. The van der Waals surface area contributed by atoms with Gasteiger partial charge in [-0.15, -0.1) is 9.39 Å². The van der Waals surface area contributed by atoms with Gasteiger partial charge in [0.15, 0.2) is 0 Å². The van der Waals surface area contributed by atoms with E-state index in [0.29, 0.717) is 17.1 Å². The molecule has 0 unspecified atom stereocenters. The predicted octanol–water partition coefficient (Wildman–Crippen LogP) is 6.16. The molecular formula is C25H33F3N4S. The summed E-state index contributed by atoms with van der Waals surface area (Å²) < 4.78 is 40.8. The highest BCUT2D eigenvalue weighted by Crippen LogP contribution is 2.34. The molecule has 0 spiro atoms. The highest BCUT2D eigenvalue weighted by atomic mass is 32.2. The zero-order valence-electron chi connectivity index (χ0n) is 19.5. The van der Waals surface area contributed by atoms with Crippen LogP contribution in [0.2, 0.25) is 0 Å². The van der Waals surface area contributed by atoms with E-state index in [1.54, 1.807) is 6.20 Å². The zero-order valence-corrected chi connectivity index (χ0v) is 20.3. The molecule has 0 radical (unpaired) electrons. The number of halogens is 3. The van der Waals surface area contributed by atoms with Crippen LogP contribution in [0.3, 0.4) is 0 Å². The van der Waals surface area contributed by atoms with Crippen LogP contribution in [-0.2, 0) is 0 Å². The number of fused-ring (bicyclic) bond motifs is 1. The van der Waals surface area contributed by atoms with Crippen LogP contribution < -0.4 is 4.72 Å². The fraction of sp³-hybridized carbons (Fsp3) is 0.400. The lowest BCUT2D eigenvalue weighted by Crippen LogP contribution is -2.39. The summed E-state index contributed by atoms with van der Waals surface area (Å²) in [6.45, 7) is 5.17. The number of hydrogen-bond donors (Lipinski definition) is 2. The third kappa shape index (κ3) is 6.62. The number of benzene rings is 1. The first-order valence-corrected chi connectivity index (χ1v) is 13.0. The van der Waals surface area contributed by atoms with Crippen LogP contribution in [0.1, 0.15) is 38.8 Å². The van der Waals surface area contributed by atoms with Gasteiger partial charge >= 0.3 is 0 Å². The van der Waals surface area contributed by atoms with Crippen molar-refractivity contribution >= 4 is 32.2 Å². The maximum Gasteiger partial charge on any atom is 0.278 e. The van der Waals surface area contributed by atoms with Crippen LogP contribution in [-0.4, -0.2) is 59.0 Å². The van der Waals surface area contributed by atoms with Crippen molar-refractivity contribution in [2.75, 3.05) is 20.1 Å². The summed E-state index contributed by atoms with van der Waals surface area (Å²) >= 11 is 0. The Labute approximate surface area is 194 Å². The van der Waals surface area contributed by atoms with Gasteiger partial charge in [0.1, 0.15) is 5.65 Å². The van der Waals surface area contributed by atoms with Crippen LogP contribution in [0.5, 0.6) is 0 Å². The van der Waals surface area contributed by atoms with Gasteiger partial charge in [-0.25, -0.2) is 18.2 Å². The Morgan fingerprint density at radius 3 is 2.27 bits per heavy atom. The molecule has 33 heavy (non-hydrogen) atoms. The van der Waals surface area contributed by atoms with E-state index in [9.17, 15) is 13.2 Å². The van der Waals surface area contributed by atoms with E-state index in [-0.39, 0.29) is 5.69 Å². The van der Waals surface area contributed by atoms with Crippen molar-refractivity contribution in [1.29, 1.82) is 0 Å². The predicted molar refractivity (Wildman–Crippen MR) is 136 cm³/mol. The van der Waals surface area contributed by atoms with Gasteiger partial charge in [-0.2, -0.15) is 0 Å². The van der Waals surface area contributed by atoms with E-state index in [2.05, 4.69) is 38.4 Å². The summed E-state index contributed by atoms with van der Waals surface area (Å²) in [5.74, 6) is 8.76. The number of H-pyrrole nitrogens is 1. The van der Waals surface area contributed by atoms with Gasteiger partial charge in [0, 0.05) is 22.5 Å². The van der Waals surface area contributed by atoms with Crippen molar-refractivity contribution in [1.82, 2.24) is 19.6 Å².